The highest BCUT2D eigenvalue weighted by molar-refractivity contribution is 7.98. The maximum atomic E-state index is 11.7. The summed E-state index contributed by atoms with van der Waals surface area (Å²) in [6.45, 7) is 1.71. The Balaban J connectivity index is 3.05. The molecule has 0 atom stereocenters. The van der Waals surface area contributed by atoms with Crippen LogP contribution in [0.1, 0.15) is 22.8 Å². The Hall–Kier alpha value is -1.56. The minimum atomic E-state index is -0.443. The molecule has 1 aromatic carbocycles. The quantitative estimate of drug-likeness (QED) is 0.349. The van der Waals surface area contributed by atoms with Crippen molar-refractivity contribution in [1.82, 2.24) is 0 Å². The van der Waals surface area contributed by atoms with Crippen molar-refractivity contribution in [3.05, 3.63) is 39.4 Å². The highest BCUT2D eigenvalue weighted by Gasteiger charge is 2.14. The first kappa shape index (κ1) is 13.5. The van der Waals surface area contributed by atoms with Crippen molar-refractivity contribution in [3.63, 3.8) is 0 Å². The predicted molar refractivity (Wildman–Crippen MR) is 64.9 cm³/mol. The summed E-state index contributed by atoms with van der Waals surface area (Å²) >= 11 is 1.41. The summed E-state index contributed by atoms with van der Waals surface area (Å²) < 4.78 is 4.91. The summed E-state index contributed by atoms with van der Waals surface area (Å²) in [6.07, 6.45) is 1.84. The molecule has 0 saturated carbocycles. The third-order valence-corrected chi connectivity index (χ3v) is 2.87. The van der Waals surface area contributed by atoms with Crippen molar-refractivity contribution in [2.75, 3.05) is 12.9 Å². The number of benzene rings is 1. The van der Waals surface area contributed by atoms with E-state index in [2.05, 4.69) is 0 Å². The van der Waals surface area contributed by atoms with Crippen molar-refractivity contribution in [1.29, 1.82) is 0 Å². The molecule has 0 bridgehead atoms. The van der Waals surface area contributed by atoms with Crippen LogP contribution < -0.4 is 0 Å². The number of ether oxygens (including phenoxy) is 1. The molecule has 0 heterocycles. The van der Waals surface area contributed by atoms with Crippen molar-refractivity contribution in [2.45, 2.75) is 18.4 Å². The topological polar surface area (TPSA) is 69.4 Å². The van der Waals surface area contributed by atoms with Gasteiger partial charge in [0, 0.05) is 15.4 Å². The van der Waals surface area contributed by atoms with Gasteiger partial charge in [-0.15, -0.1) is 11.8 Å². The second-order valence-electron chi connectivity index (χ2n) is 3.25. The van der Waals surface area contributed by atoms with Gasteiger partial charge in [0.1, 0.15) is 0 Å². The number of carbonyl (C=O) groups is 1. The standard InChI is InChI=1S/C11H13NO4S/c1-3-16-11(13)9-6-8(7-12(14)15)4-5-10(9)17-2/h4-6H,3,7H2,1-2H3. The van der Waals surface area contributed by atoms with Crippen molar-refractivity contribution in [2.24, 2.45) is 0 Å². The van der Waals surface area contributed by atoms with Crippen LogP contribution in [0, 0.1) is 10.1 Å². The smallest absolute Gasteiger partial charge is 0.339 e. The molecule has 0 fully saturated rings. The monoisotopic (exact) mass is 255 g/mol. The summed E-state index contributed by atoms with van der Waals surface area (Å²) in [4.78, 5) is 22.4. The average Bonchev–Trinajstić information content (AvgIpc) is 2.28. The fourth-order valence-electron chi connectivity index (χ4n) is 1.37. The molecule has 1 rings (SSSR count). The van der Waals surface area contributed by atoms with E-state index in [4.69, 9.17) is 4.74 Å². The molecule has 0 N–H and O–H groups in total. The van der Waals surface area contributed by atoms with E-state index in [0.29, 0.717) is 11.1 Å². The molecule has 1 aromatic rings. The number of thioether (sulfide) groups is 1. The number of esters is 1. The zero-order valence-corrected chi connectivity index (χ0v) is 10.5. The summed E-state index contributed by atoms with van der Waals surface area (Å²) in [6, 6.07) is 4.87. The lowest BCUT2D eigenvalue weighted by molar-refractivity contribution is -0.496. The van der Waals surface area contributed by atoms with Crippen LogP contribution >= 0.6 is 11.8 Å². The van der Waals surface area contributed by atoms with Crippen LogP contribution in [0.3, 0.4) is 0 Å². The zero-order valence-electron chi connectivity index (χ0n) is 9.63. The van der Waals surface area contributed by atoms with Gasteiger partial charge in [-0.25, -0.2) is 4.79 Å². The summed E-state index contributed by atoms with van der Waals surface area (Å²) in [5, 5.41) is 10.4. The average molecular weight is 255 g/mol. The van der Waals surface area contributed by atoms with Gasteiger partial charge in [-0.05, 0) is 25.3 Å². The van der Waals surface area contributed by atoms with Gasteiger partial charge in [0.05, 0.1) is 12.2 Å². The highest BCUT2D eigenvalue weighted by atomic mass is 32.2. The third kappa shape index (κ3) is 3.74. The van der Waals surface area contributed by atoms with Crippen molar-refractivity contribution < 1.29 is 14.5 Å². The van der Waals surface area contributed by atoms with E-state index in [1.807, 2.05) is 6.26 Å². The van der Waals surface area contributed by atoms with Crippen molar-refractivity contribution >= 4 is 17.7 Å². The molecule has 17 heavy (non-hydrogen) atoms. The van der Waals surface area contributed by atoms with Crippen LogP contribution in [0.2, 0.25) is 0 Å². The van der Waals surface area contributed by atoms with Gasteiger partial charge < -0.3 is 4.74 Å². The SMILES string of the molecule is CCOC(=O)c1cc(C[N+](=O)[O-])ccc1SC. The van der Waals surface area contributed by atoms with Gasteiger partial charge in [0.15, 0.2) is 0 Å². The Morgan fingerprint density at radius 3 is 2.76 bits per heavy atom. The minimum Gasteiger partial charge on any atom is -0.462 e. The van der Waals surface area contributed by atoms with E-state index in [9.17, 15) is 14.9 Å². The summed E-state index contributed by atoms with van der Waals surface area (Å²) in [5.41, 5.74) is 0.884. The van der Waals surface area contributed by atoms with E-state index in [1.54, 1.807) is 19.1 Å². The number of hydrogen-bond acceptors (Lipinski definition) is 5. The van der Waals surface area contributed by atoms with Gasteiger partial charge in [-0.3, -0.25) is 10.1 Å². The maximum Gasteiger partial charge on any atom is 0.339 e. The summed E-state index contributed by atoms with van der Waals surface area (Å²) in [7, 11) is 0. The molecule has 6 heteroatoms. The Morgan fingerprint density at radius 1 is 1.53 bits per heavy atom. The first-order chi connectivity index (χ1) is 8.08. The molecule has 0 amide bonds. The van der Waals surface area contributed by atoms with Gasteiger partial charge in [-0.1, -0.05) is 6.07 Å². The molecule has 92 valence electrons. The zero-order chi connectivity index (χ0) is 12.8. The molecule has 0 aromatic heterocycles. The molecule has 0 aliphatic heterocycles. The number of rotatable bonds is 5. The molecule has 0 unspecified atom stereocenters. The first-order valence-corrected chi connectivity index (χ1v) is 6.26. The Kier molecular flexibility index (Phi) is 4.96. The molecule has 0 aliphatic rings. The number of nitrogens with zero attached hydrogens (tertiary/aromatic N) is 1. The van der Waals surface area contributed by atoms with Gasteiger partial charge in [0.25, 0.3) is 0 Å². The van der Waals surface area contributed by atoms with E-state index in [-0.39, 0.29) is 13.2 Å². The number of hydrogen-bond donors (Lipinski definition) is 0. The summed E-state index contributed by atoms with van der Waals surface area (Å²) in [5.74, 6) is -0.443. The lowest BCUT2D eigenvalue weighted by atomic mass is 10.1. The molecule has 5 nitrogen and oxygen atoms in total. The van der Waals surface area contributed by atoms with E-state index >= 15 is 0 Å². The normalized spacial score (nSPS) is 10.0. The molecule has 0 radical (unpaired) electrons. The van der Waals surface area contributed by atoms with Crippen LogP contribution in [0.15, 0.2) is 23.1 Å². The molecule has 0 spiro atoms. The second-order valence-corrected chi connectivity index (χ2v) is 4.09. The lowest BCUT2D eigenvalue weighted by Gasteiger charge is -2.07. The number of nitro groups is 1. The molecule has 0 aliphatic carbocycles. The highest BCUT2D eigenvalue weighted by Crippen LogP contribution is 2.22. The molecule has 0 saturated heterocycles. The second kappa shape index (κ2) is 6.24. The van der Waals surface area contributed by atoms with Crippen molar-refractivity contribution in [3.8, 4) is 0 Å². The Labute approximate surface area is 103 Å². The maximum absolute atomic E-state index is 11.7. The van der Waals surface area contributed by atoms with Crippen LogP contribution in [-0.2, 0) is 11.3 Å². The van der Waals surface area contributed by atoms with Gasteiger partial charge >= 0.3 is 5.97 Å². The van der Waals surface area contributed by atoms with Crippen LogP contribution in [0.5, 0.6) is 0 Å². The van der Waals surface area contributed by atoms with E-state index in [0.717, 1.165) is 4.90 Å². The largest absolute Gasteiger partial charge is 0.462 e. The number of carbonyl (C=O) groups excluding carboxylic acids is 1. The van der Waals surface area contributed by atoms with Crippen LogP contribution in [0.25, 0.3) is 0 Å². The van der Waals surface area contributed by atoms with Gasteiger partial charge in [0.2, 0.25) is 6.54 Å². The first-order valence-electron chi connectivity index (χ1n) is 5.04. The van der Waals surface area contributed by atoms with Gasteiger partial charge in [-0.2, -0.15) is 0 Å². The minimum absolute atomic E-state index is 0.284. The Morgan fingerprint density at radius 2 is 2.24 bits per heavy atom. The van der Waals surface area contributed by atoms with E-state index < -0.39 is 10.9 Å². The van der Waals surface area contributed by atoms with Crippen LogP contribution in [-0.4, -0.2) is 23.8 Å². The molecular formula is C11H13NO4S. The van der Waals surface area contributed by atoms with Crippen LogP contribution in [0.4, 0.5) is 0 Å². The lowest BCUT2D eigenvalue weighted by Crippen LogP contribution is -2.08. The van der Waals surface area contributed by atoms with E-state index in [1.165, 1.54) is 17.8 Å². The Bertz CT molecular complexity index is 433. The fourth-order valence-corrected chi connectivity index (χ4v) is 1.94. The predicted octanol–water partition coefficient (Wildman–Crippen LogP) is 2.36. The molecular weight excluding hydrogens is 242 g/mol. The fraction of sp³-hybridized carbons (Fsp3) is 0.364. The third-order valence-electron chi connectivity index (χ3n) is 2.07.